The minimum Gasteiger partial charge on any atom is -0.387 e. The van der Waals surface area contributed by atoms with Crippen molar-refractivity contribution >= 4 is 0 Å². The number of nitrogens with zero attached hydrogens (tertiary/aromatic N) is 1. The van der Waals surface area contributed by atoms with Gasteiger partial charge in [0.05, 0.1) is 6.10 Å². The van der Waals surface area contributed by atoms with Crippen molar-refractivity contribution < 1.29 is 9.50 Å². The van der Waals surface area contributed by atoms with Crippen LogP contribution in [0.3, 0.4) is 0 Å². The number of aliphatic hydroxyl groups is 1. The molecule has 2 rings (SSSR count). The van der Waals surface area contributed by atoms with E-state index in [1.807, 2.05) is 6.08 Å². The molecule has 1 fully saturated rings. The zero-order valence-corrected chi connectivity index (χ0v) is 9.85. The smallest absolute Gasteiger partial charge is 0.123 e. The lowest BCUT2D eigenvalue weighted by molar-refractivity contribution is 0.115. The monoisotopic (exact) mass is 235 g/mol. The molecule has 0 bridgehead atoms. The van der Waals surface area contributed by atoms with E-state index in [1.54, 1.807) is 12.1 Å². The zero-order chi connectivity index (χ0) is 12.3. The molecule has 1 aliphatic rings. The van der Waals surface area contributed by atoms with Crippen molar-refractivity contribution in [1.82, 2.24) is 4.90 Å². The van der Waals surface area contributed by atoms with Crippen LogP contribution >= 0.6 is 0 Å². The highest BCUT2D eigenvalue weighted by Gasteiger charge is 2.29. The van der Waals surface area contributed by atoms with Crippen LogP contribution in [-0.4, -0.2) is 29.1 Å². The third-order valence-electron chi connectivity index (χ3n) is 3.09. The summed E-state index contributed by atoms with van der Waals surface area (Å²) in [6.45, 7) is 5.11. The van der Waals surface area contributed by atoms with Gasteiger partial charge in [0.15, 0.2) is 0 Å². The molecule has 0 spiro atoms. The van der Waals surface area contributed by atoms with Gasteiger partial charge < -0.3 is 5.11 Å². The van der Waals surface area contributed by atoms with E-state index in [-0.39, 0.29) is 5.82 Å². The lowest BCUT2D eigenvalue weighted by atomic mass is 10.1. The Balaban J connectivity index is 1.96. The van der Waals surface area contributed by atoms with Crippen LogP contribution in [0.2, 0.25) is 0 Å². The molecule has 0 amide bonds. The molecule has 0 aromatic heterocycles. The van der Waals surface area contributed by atoms with E-state index in [0.29, 0.717) is 12.6 Å². The molecule has 92 valence electrons. The molecule has 1 unspecified atom stereocenters. The van der Waals surface area contributed by atoms with E-state index in [2.05, 4.69) is 11.5 Å². The van der Waals surface area contributed by atoms with Gasteiger partial charge in [-0.3, -0.25) is 4.90 Å². The van der Waals surface area contributed by atoms with Crippen LogP contribution in [0.5, 0.6) is 0 Å². The Bertz CT molecular complexity index is 372. The molecule has 2 nitrogen and oxygen atoms in total. The van der Waals surface area contributed by atoms with Gasteiger partial charge in [0.2, 0.25) is 0 Å². The SMILES string of the molecule is C=CCN(CC(O)c1ccc(F)cc1)C1CC1. The van der Waals surface area contributed by atoms with E-state index in [1.165, 1.54) is 25.0 Å². The molecule has 1 aromatic carbocycles. The second-order valence-corrected chi connectivity index (χ2v) is 4.54. The molecule has 0 heterocycles. The quantitative estimate of drug-likeness (QED) is 0.766. The highest BCUT2D eigenvalue weighted by atomic mass is 19.1. The number of hydrogen-bond donors (Lipinski definition) is 1. The number of hydrogen-bond acceptors (Lipinski definition) is 2. The van der Waals surface area contributed by atoms with Crippen LogP contribution < -0.4 is 0 Å². The maximum absolute atomic E-state index is 12.8. The van der Waals surface area contributed by atoms with Gasteiger partial charge in [0, 0.05) is 19.1 Å². The summed E-state index contributed by atoms with van der Waals surface area (Å²) in [5, 5.41) is 10.1. The van der Waals surface area contributed by atoms with Crippen LogP contribution in [0.25, 0.3) is 0 Å². The summed E-state index contributed by atoms with van der Waals surface area (Å²) in [4.78, 5) is 2.22. The van der Waals surface area contributed by atoms with Gasteiger partial charge in [-0.2, -0.15) is 0 Å². The zero-order valence-electron chi connectivity index (χ0n) is 9.85. The van der Waals surface area contributed by atoms with Crippen molar-refractivity contribution in [2.75, 3.05) is 13.1 Å². The predicted molar refractivity (Wildman–Crippen MR) is 66.2 cm³/mol. The first-order valence-corrected chi connectivity index (χ1v) is 5.99. The molecule has 1 atom stereocenters. The lowest BCUT2D eigenvalue weighted by Gasteiger charge is -2.23. The molecular weight excluding hydrogens is 217 g/mol. The van der Waals surface area contributed by atoms with Gasteiger partial charge >= 0.3 is 0 Å². The molecule has 1 aromatic rings. The maximum atomic E-state index is 12.8. The van der Waals surface area contributed by atoms with Gasteiger partial charge in [0.25, 0.3) is 0 Å². The molecule has 1 aliphatic carbocycles. The Hall–Kier alpha value is -1.19. The molecule has 0 aliphatic heterocycles. The van der Waals surface area contributed by atoms with Crippen molar-refractivity contribution in [3.63, 3.8) is 0 Å². The second kappa shape index (κ2) is 5.43. The Morgan fingerprint density at radius 2 is 2.06 bits per heavy atom. The number of rotatable bonds is 6. The Kier molecular flexibility index (Phi) is 3.92. The Labute approximate surface area is 101 Å². The third kappa shape index (κ3) is 3.38. The first-order chi connectivity index (χ1) is 8.20. The van der Waals surface area contributed by atoms with Crippen molar-refractivity contribution in [3.05, 3.63) is 48.3 Å². The molecular formula is C14H18FNO. The van der Waals surface area contributed by atoms with Crippen molar-refractivity contribution in [2.45, 2.75) is 25.0 Å². The molecule has 0 saturated heterocycles. The van der Waals surface area contributed by atoms with Crippen LogP contribution in [0.15, 0.2) is 36.9 Å². The van der Waals surface area contributed by atoms with E-state index < -0.39 is 6.10 Å². The third-order valence-corrected chi connectivity index (χ3v) is 3.09. The summed E-state index contributed by atoms with van der Waals surface area (Å²) in [6.07, 6.45) is 3.69. The summed E-state index contributed by atoms with van der Waals surface area (Å²) >= 11 is 0. The van der Waals surface area contributed by atoms with E-state index in [0.717, 1.165) is 12.1 Å². The summed E-state index contributed by atoms with van der Waals surface area (Å²) < 4.78 is 12.8. The first-order valence-electron chi connectivity index (χ1n) is 5.99. The predicted octanol–water partition coefficient (Wildman–Crippen LogP) is 2.51. The topological polar surface area (TPSA) is 23.5 Å². The lowest BCUT2D eigenvalue weighted by Crippen LogP contribution is -2.30. The normalized spacial score (nSPS) is 17.1. The summed E-state index contributed by atoms with van der Waals surface area (Å²) in [6, 6.07) is 6.63. The fraction of sp³-hybridized carbons (Fsp3) is 0.429. The number of benzene rings is 1. The fourth-order valence-electron chi connectivity index (χ4n) is 1.99. The van der Waals surface area contributed by atoms with Gasteiger partial charge in [-0.05, 0) is 30.5 Å². The van der Waals surface area contributed by atoms with E-state index in [4.69, 9.17) is 0 Å². The van der Waals surface area contributed by atoms with Crippen LogP contribution in [0.4, 0.5) is 4.39 Å². The average molecular weight is 235 g/mol. The van der Waals surface area contributed by atoms with Crippen LogP contribution in [0, 0.1) is 5.82 Å². The van der Waals surface area contributed by atoms with Crippen molar-refractivity contribution in [3.8, 4) is 0 Å². The number of aliphatic hydroxyl groups excluding tert-OH is 1. The van der Waals surface area contributed by atoms with Crippen molar-refractivity contribution in [1.29, 1.82) is 0 Å². The molecule has 3 heteroatoms. The molecule has 17 heavy (non-hydrogen) atoms. The molecule has 1 saturated carbocycles. The second-order valence-electron chi connectivity index (χ2n) is 4.54. The molecule has 1 N–H and O–H groups in total. The van der Waals surface area contributed by atoms with Gasteiger partial charge in [0.1, 0.15) is 5.82 Å². The molecule has 0 radical (unpaired) electrons. The van der Waals surface area contributed by atoms with E-state index >= 15 is 0 Å². The summed E-state index contributed by atoms with van der Waals surface area (Å²) in [7, 11) is 0. The first kappa shape index (κ1) is 12.3. The minimum absolute atomic E-state index is 0.272. The maximum Gasteiger partial charge on any atom is 0.123 e. The Morgan fingerprint density at radius 1 is 1.41 bits per heavy atom. The highest BCUT2D eigenvalue weighted by molar-refractivity contribution is 5.19. The largest absolute Gasteiger partial charge is 0.387 e. The van der Waals surface area contributed by atoms with Crippen molar-refractivity contribution in [2.24, 2.45) is 0 Å². The van der Waals surface area contributed by atoms with Crippen LogP contribution in [0.1, 0.15) is 24.5 Å². The summed E-state index contributed by atoms with van der Waals surface area (Å²) in [5.74, 6) is -0.272. The van der Waals surface area contributed by atoms with Crippen LogP contribution in [-0.2, 0) is 0 Å². The van der Waals surface area contributed by atoms with E-state index in [9.17, 15) is 9.50 Å². The minimum atomic E-state index is -0.559. The summed E-state index contributed by atoms with van der Waals surface area (Å²) in [5.41, 5.74) is 0.765. The highest BCUT2D eigenvalue weighted by Crippen LogP contribution is 2.28. The number of halogens is 1. The van der Waals surface area contributed by atoms with Gasteiger partial charge in [-0.15, -0.1) is 6.58 Å². The fourth-order valence-corrected chi connectivity index (χ4v) is 1.99. The van der Waals surface area contributed by atoms with Gasteiger partial charge in [-0.25, -0.2) is 4.39 Å². The average Bonchev–Trinajstić information content (AvgIpc) is 3.13. The van der Waals surface area contributed by atoms with Gasteiger partial charge in [-0.1, -0.05) is 18.2 Å². The standard InChI is InChI=1S/C14H18FNO/c1-2-9-16(13-7-8-13)10-14(17)11-3-5-12(15)6-4-11/h2-6,13-14,17H,1,7-10H2. The Morgan fingerprint density at radius 3 is 2.59 bits per heavy atom.